The monoisotopic (exact) mass is 297 g/mol. The van der Waals surface area contributed by atoms with Crippen molar-refractivity contribution in [1.29, 1.82) is 0 Å². The van der Waals surface area contributed by atoms with Crippen molar-refractivity contribution in [2.45, 2.75) is 25.0 Å². The fourth-order valence-electron chi connectivity index (χ4n) is 3.59. The number of aliphatic hydroxyl groups is 2. The minimum absolute atomic E-state index is 0.112. The fourth-order valence-corrected chi connectivity index (χ4v) is 4.37. The van der Waals surface area contributed by atoms with Crippen LogP contribution >= 0.6 is 11.3 Å². The molecule has 110 valence electrons. The second-order valence-corrected chi connectivity index (χ2v) is 6.58. The van der Waals surface area contributed by atoms with Crippen LogP contribution in [0.2, 0.25) is 0 Å². The smallest absolute Gasteiger partial charge is 0.265 e. The van der Waals surface area contributed by atoms with Gasteiger partial charge in [-0.2, -0.15) is 0 Å². The molecule has 2 aliphatic carbocycles. The quantitative estimate of drug-likeness (QED) is 0.770. The van der Waals surface area contributed by atoms with Crippen molar-refractivity contribution in [2.24, 2.45) is 17.8 Å². The van der Waals surface area contributed by atoms with E-state index in [4.69, 9.17) is 4.74 Å². The molecular formula is C14H19NO4S. The Morgan fingerprint density at radius 1 is 1.45 bits per heavy atom. The van der Waals surface area contributed by atoms with Crippen molar-refractivity contribution in [1.82, 2.24) is 5.32 Å². The lowest BCUT2D eigenvalue weighted by atomic mass is 9.85. The molecule has 20 heavy (non-hydrogen) atoms. The van der Waals surface area contributed by atoms with Gasteiger partial charge in [0, 0.05) is 6.54 Å². The molecule has 1 aromatic rings. The normalized spacial score (nSPS) is 35.2. The third-order valence-corrected chi connectivity index (χ3v) is 5.53. The summed E-state index contributed by atoms with van der Waals surface area (Å²) < 4.78 is 5.14. The number of methoxy groups -OCH3 is 1. The summed E-state index contributed by atoms with van der Waals surface area (Å²) in [5, 5.41) is 24.4. The van der Waals surface area contributed by atoms with E-state index in [0.29, 0.717) is 17.2 Å². The van der Waals surface area contributed by atoms with Crippen LogP contribution in [0.15, 0.2) is 11.4 Å². The van der Waals surface area contributed by atoms with Gasteiger partial charge in [-0.05, 0) is 42.0 Å². The van der Waals surface area contributed by atoms with E-state index in [-0.39, 0.29) is 23.7 Å². The maximum absolute atomic E-state index is 12.1. The number of thiophene rings is 1. The van der Waals surface area contributed by atoms with Gasteiger partial charge in [0.05, 0.1) is 19.3 Å². The highest BCUT2D eigenvalue weighted by Gasteiger charge is 2.51. The summed E-state index contributed by atoms with van der Waals surface area (Å²) in [6.07, 6.45) is 0.534. The van der Waals surface area contributed by atoms with E-state index < -0.39 is 12.2 Å². The van der Waals surface area contributed by atoms with E-state index in [9.17, 15) is 15.0 Å². The molecule has 5 nitrogen and oxygen atoms in total. The summed E-state index contributed by atoms with van der Waals surface area (Å²) >= 11 is 1.35. The number of ether oxygens (including phenoxy) is 1. The Morgan fingerprint density at radius 3 is 2.90 bits per heavy atom. The summed E-state index contributed by atoms with van der Waals surface area (Å²) in [6.45, 7) is 0.546. The van der Waals surface area contributed by atoms with E-state index >= 15 is 0 Å². The van der Waals surface area contributed by atoms with Crippen LogP contribution in [0.25, 0.3) is 0 Å². The Kier molecular flexibility index (Phi) is 3.70. The van der Waals surface area contributed by atoms with Crippen LogP contribution in [-0.2, 0) is 0 Å². The predicted molar refractivity (Wildman–Crippen MR) is 74.9 cm³/mol. The number of nitrogens with one attached hydrogen (secondary N) is 1. The highest BCUT2D eigenvalue weighted by Crippen LogP contribution is 2.48. The number of aliphatic hydroxyl groups excluding tert-OH is 2. The first kappa shape index (κ1) is 13.9. The molecule has 2 aliphatic rings. The SMILES string of the molecule is COc1ccsc1C(=O)NC[C@@H]1C[C@H]2C[C@@H]1[C@H](O)[C@@H]2O. The second kappa shape index (κ2) is 5.35. The van der Waals surface area contributed by atoms with E-state index in [2.05, 4.69) is 5.32 Å². The number of carbonyl (C=O) groups excluding carboxylic acids is 1. The maximum Gasteiger partial charge on any atom is 0.265 e. The summed E-state index contributed by atoms with van der Waals surface area (Å²) in [5.41, 5.74) is 0. The molecule has 5 atom stereocenters. The minimum atomic E-state index is -0.632. The molecule has 1 amide bonds. The first-order valence-corrected chi connectivity index (χ1v) is 7.75. The average molecular weight is 297 g/mol. The number of amides is 1. The van der Waals surface area contributed by atoms with Gasteiger partial charge in [0.25, 0.3) is 5.91 Å². The Hall–Kier alpha value is -1.11. The van der Waals surface area contributed by atoms with Crippen molar-refractivity contribution >= 4 is 17.2 Å². The highest BCUT2D eigenvalue weighted by molar-refractivity contribution is 7.12. The Morgan fingerprint density at radius 2 is 2.25 bits per heavy atom. The van der Waals surface area contributed by atoms with Crippen molar-refractivity contribution in [3.63, 3.8) is 0 Å². The molecule has 2 bridgehead atoms. The molecule has 3 N–H and O–H groups in total. The standard InChI is InChI=1S/C14H19NO4S/c1-19-10-2-3-20-13(10)14(18)15-6-8-4-7-5-9(8)12(17)11(7)16/h2-3,7-9,11-12,16-17H,4-6H2,1H3,(H,15,18)/t7-,8-,9-,11+,12-/m0/s1. The van der Waals surface area contributed by atoms with Crippen molar-refractivity contribution in [2.75, 3.05) is 13.7 Å². The minimum Gasteiger partial charge on any atom is -0.495 e. The summed E-state index contributed by atoms with van der Waals surface area (Å²) in [4.78, 5) is 12.7. The lowest BCUT2D eigenvalue weighted by Crippen LogP contribution is -2.41. The van der Waals surface area contributed by atoms with Crippen LogP contribution in [0.4, 0.5) is 0 Å². The molecule has 0 aliphatic heterocycles. The number of carbonyl (C=O) groups is 1. The largest absolute Gasteiger partial charge is 0.495 e. The molecule has 2 saturated carbocycles. The molecule has 1 aromatic heterocycles. The third kappa shape index (κ3) is 2.21. The van der Waals surface area contributed by atoms with Gasteiger partial charge in [0.15, 0.2) is 0 Å². The van der Waals surface area contributed by atoms with Crippen LogP contribution in [0, 0.1) is 17.8 Å². The topological polar surface area (TPSA) is 78.8 Å². The zero-order chi connectivity index (χ0) is 14.3. The first-order chi connectivity index (χ1) is 9.61. The van der Waals surface area contributed by atoms with Crippen LogP contribution < -0.4 is 10.1 Å². The molecule has 0 saturated heterocycles. The van der Waals surface area contributed by atoms with Crippen molar-refractivity contribution in [3.8, 4) is 5.75 Å². The Labute approximate surface area is 121 Å². The molecule has 2 fully saturated rings. The molecule has 6 heteroatoms. The summed E-state index contributed by atoms with van der Waals surface area (Å²) in [5.74, 6) is 1.02. The lowest BCUT2D eigenvalue weighted by molar-refractivity contribution is -0.0332. The first-order valence-electron chi connectivity index (χ1n) is 6.87. The number of hydrogen-bond donors (Lipinski definition) is 3. The predicted octanol–water partition coefficient (Wildman–Crippen LogP) is 0.864. The molecule has 0 unspecified atom stereocenters. The van der Waals surface area contributed by atoms with Crippen LogP contribution in [-0.4, -0.2) is 42.0 Å². The number of rotatable bonds is 4. The van der Waals surface area contributed by atoms with E-state index in [1.165, 1.54) is 11.3 Å². The Bertz CT molecular complexity index is 501. The third-order valence-electron chi connectivity index (χ3n) is 4.64. The lowest BCUT2D eigenvalue weighted by Gasteiger charge is -2.29. The van der Waals surface area contributed by atoms with E-state index in [1.807, 2.05) is 5.38 Å². The van der Waals surface area contributed by atoms with Gasteiger partial charge < -0.3 is 20.3 Å². The van der Waals surface area contributed by atoms with Gasteiger partial charge in [-0.1, -0.05) is 0 Å². The molecule has 0 radical (unpaired) electrons. The van der Waals surface area contributed by atoms with Gasteiger partial charge in [-0.25, -0.2) is 0 Å². The van der Waals surface area contributed by atoms with Gasteiger partial charge >= 0.3 is 0 Å². The molecule has 0 spiro atoms. The van der Waals surface area contributed by atoms with Gasteiger partial charge in [0.1, 0.15) is 10.6 Å². The van der Waals surface area contributed by atoms with Crippen LogP contribution in [0.3, 0.4) is 0 Å². The molecular weight excluding hydrogens is 278 g/mol. The second-order valence-electron chi connectivity index (χ2n) is 5.66. The van der Waals surface area contributed by atoms with Crippen molar-refractivity contribution < 1.29 is 19.7 Å². The summed E-state index contributed by atoms with van der Waals surface area (Å²) in [6, 6.07) is 1.78. The van der Waals surface area contributed by atoms with Gasteiger partial charge in [-0.3, -0.25) is 4.79 Å². The maximum atomic E-state index is 12.1. The van der Waals surface area contributed by atoms with Crippen LogP contribution in [0.5, 0.6) is 5.75 Å². The summed E-state index contributed by atoms with van der Waals surface area (Å²) in [7, 11) is 1.55. The molecule has 1 heterocycles. The number of hydrogen-bond acceptors (Lipinski definition) is 5. The average Bonchev–Trinajstić information content (AvgIpc) is 3.13. The molecule has 3 rings (SSSR count). The zero-order valence-corrected chi connectivity index (χ0v) is 12.1. The fraction of sp³-hybridized carbons (Fsp3) is 0.643. The zero-order valence-electron chi connectivity index (χ0n) is 11.3. The number of fused-ring (bicyclic) bond motifs is 2. The highest BCUT2D eigenvalue weighted by atomic mass is 32.1. The van der Waals surface area contributed by atoms with Crippen molar-refractivity contribution in [3.05, 3.63) is 16.3 Å². The Balaban J connectivity index is 1.57. The van der Waals surface area contributed by atoms with Gasteiger partial charge in [0.2, 0.25) is 0 Å². The van der Waals surface area contributed by atoms with Crippen LogP contribution in [0.1, 0.15) is 22.5 Å². The molecule has 0 aromatic carbocycles. The van der Waals surface area contributed by atoms with Gasteiger partial charge in [-0.15, -0.1) is 11.3 Å². The van der Waals surface area contributed by atoms with E-state index in [0.717, 1.165) is 12.8 Å². The van der Waals surface area contributed by atoms with E-state index in [1.54, 1.807) is 13.2 Å².